The average molecular weight is 414 g/mol. The van der Waals surface area contributed by atoms with E-state index in [2.05, 4.69) is 28.2 Å². The lowest BCUT2D eigenvalue weighted by atomic mass is 10.1. The second kappa shape index (κ2) is 7.40. The monoisotopic (exact) mass is 413 g/mol. The lowest BCUT2D eigenvalue weighted by Crippen LogP contribution is -2.22. The number of amides is 1. The van der Waals surface area contributed by atoms with Crippen LogP contribution in [0.2, 0.25) is 0 Å². The fourth-order valence-corrected chi connectivity index (χ4v) is 4.70. The van der Waals surface area contributed by atoms with Crippen molar-refractivity contribution >= 4 is 50.7 Å². The molecule has 0 atom stereocenters. The number of thiazole rings is 1. The van der Waals surface area contributed by atoms with Gasteiger partial charge in [0.05, 0.1) is 18.3 Å². The number of aromatic nitrogens is 4. The van der Waals surface area contributed by atoms with E-state index in [0.717, 1.165) is 38.7 Å². The second-order valence-electron chi connectivity index (χ2n) is 6.37. The summed E-state index contributed by atoms with van der Waals surface area (Å²) >= 11 is 3.02. The first-order valence-corrected chi connectivity index (χ1v) is 10.5. The van der Waals surface area contributed by atoms with Crippen molar-refractivity contribution in [2.45, 2.75) is 24.8 Å². The number of methoxy groups -OCH3 is 1. The summed E-state index contributed by atoms with van der Waals surface area (Å²) in [5.74, 6) is 1.40. The lowest BCUT2D eigenvalue weighted by Gasteiger charge is -2.09. The van der Waals surface area contributed by atoms with E-state index >= 15 is 0 Å². The second-order valence-corrected chi connectivity index (χ2v) is 8.15. The predicted molar refractivity (Wildman–Crippen MR) is 113 cm³/mol. The van der Waals surface area contributed by atoms with Gasteiger partial charge in [0, 0.05) is 36.6 Å². The third-order valence-corrected chi connectivity index (χ3v) is 6.45. The van der Waals surface area contributed by atoms with Crippen LogP contribution in [0, 0.1) is 6.92 Å². The van der Waals surface area contributed by atoms with Crippen LogP contribution in [-0.2, 0) is 10.5 Å². The third kappa shape index (κ3) is 3.31. The van der Waals surface area contributed by atoms with Crippen LogP contribution in [0.15, 0.2) is 34.8 Å². The molecule has 0 radical (unpaired) electrons. The number of hydrogen-bond donors (Lipinski definition) is 0. The fraction of sp³-hybridized carbons (Fsp3) is 0.263. The van der Waals surface area contributed by atoms with Gasteiger partial charge < -0.3 is 4.74 Å². The van der Waals surface area contributed by atoms with Gasteiger partial charge >= 0.3 is 0 Å². The van der Waals surface area contributed by atoms with Crippen LogP contribution in [0.4, 0.5) is 5.13 Å². The number of benzene rings is 1. The van der Waals surface area contributed by atoms with Gasteiger partial charge in [0.25, 0.3) is 0 Å². The van der Waals surface area contributed by atoms with Crippen molar-refractivity contribution in [2.24, 2.45) is 0 Å². The number of nitrogens with zero attached hydrogens (tertiary/aromatic N) is 5. The highest BCUT2D eigenvalue weighted by atomic mass is 32.2. The summed E-state index contributed by atoms with van der Waals surface area (Å²) in [7, 11) is 3.39. The number of aryl methyl sites for hydroxylation is 1. The van der Waals surface area contributed by atoms with Gasteiger partial charge in [-0.25, -0.2) is 4.98 Å². The maximum atomic E-state index is 11.5. The van der Waals surface area contributed by atoms with Crippen LogP contribution in [0.3, 0.4) is 0 Å². The molecule has 9 heteroatoms. The van der Waals surface area contributed by atoms with E-state index < -0.39 is 0 Å². The fourth-order valence-electron chi connectivity index (χ4n) is 2.91. The van der Waals surface area contributed by atoms with Gasteiger partial charge in [-0.1, -0.05) is 11.8 Å². The molecule has 0 saturated carbocycles. The predicted octanol–water partition coefficient (Wildman–Crippen LogP) is 3.93. The van der Waals surface area contributed by atoms with Crippen LogP contribution in [-0.4, -0.2) is 39.6 Å². The Hall–Kier alpha value is -2.65. The van der Waals surface area contributed by atoms with Gasteiger partial charge in [0.1, 0.15) is 5.75 Å². The highest BCUT2D eigenvalue weighted by Crippen LogP contribution is 2.30. The highest BCUT2D eigenvalue weighted by molar-refractivity contribution is 7.98. The number of ether oxygens (including phenoxy) is 1. The van der Waals surface area contributed by atoms with Gasteiger partial charge in [0.15, 0.2) is 15.9 Å². The molecular weight excluding hydrogens is 394 g/mol. The Morgan fingerprint density at radius 1 is 1.32 bits per heavy atom. The molecule has 0 saturated heterocycles. The van der Waals surface area contributed by atoms with Crippen molar-refractivity contribution in [1.29, 1.82) is 0 Å². The van der Waals surface area contributed by atoms with Crippen LogP contribution in [0.5, 0.6) is 5.75 Å². The zero-order valence-electron chi connectivity index (χ0n) is 16.0. The Kier molecular flexibility index (Phi) is 4.94. The third-order valence-electron chi connectivity index (χ3n) is 4.52. The maximum absolute atomic E-state index is 11.5. The maximum Gasteiger partial charge on any atom is 0.225 e. The Balaban J connectivity index is 1.68. The van der Waals surface area contributed by atoms with Gasteiger partial charge in [0.2, 0.25) is 5.91 Å². The summed E-state index contributed by atoms with van der Waals surface area (Å²) in [6.45, 7) is 3.60. The summed E-state index contributed by atoms with van der Waals surface area (Å²) in [5, 5.41) is 13.3. The van der Waals surface area contributed by atoms with E-state index in [0.29, 0.717) is 10.9 Å². The lowest BCUT2D eigenvalue weighted by molar-refractivity contribution is -0.116. The molecule has 3 aromatic heterocycles. The van der Waals surface area contributed by atoms with E-state index in [1.807, 2.05) is 28.0 Å². The number of thioether (sulfide) groups is 1. The Bertz CT molecular complexity index is 1180. The van der Waals surface area contributed by atoms with Crippen LogP contribution < -0.4 is 9.64 Å². The van der Waals surface area contributed by atoms with E-state index in [1.54, 1.807) is 30.8 Å². The summed E-state index contributed by atoms with van der Waals surface area (Å²) in [4.78, 5) is 17.6. The van der Waals surface area contributed by atoms with Crippen molar-refractivity contribution < 1.29 is 9.53 Å². The first kappa shape index (κ1) is 18.7. The van der Waals surface area contributed by atoms with Crippen molar-refractivity contribution in [2.75, 3.05) is 19.1 Å². The SMILES string of the molecule is COc1ccc2c(C)cc3nnc(SCc4csc(N(C)C(C)=O)n4)n3c2c1. The van der Waals surface area contributed by atoms with E-state index in [4.69, 9.17) is 4.74 Å². The van der Waals surface area contributed by atoms with Crippen LogP contribution in [0.25, 0.3) is 16.6 Å². The Morgan fingerprint density at radius 3 is 2.89 bits per heavy atom. The summed E-state index contributed by atoms with van der Waals surface area (Å²) in [5.41, 5.74) is 3.86. The van der Waals surface area contributed by atoms with Gasteiger partial charge in [-0.05, 0) is 30.7 Å². The van der Waals surface area contributed by atoms with Crippen molar-refractivity contribution in [1.82, 2.24) is 19.6 Å². The Labute approximate surface area is 170 Å². The zero-order chi connectivity index (χ0) is 19.8. The summed E-state index contributed by atoms with van der Waals surface area (Å²) in [6.07, 6.45) is 0. The molecular formula is C19H19N5O2S2. The van der Waals surface area contributed by atoms with E-state index in [1.165, 1.54) is 18.3 Å². The van der Waals surface area contributed by atoms with Gasteiger partial charge in [-0.15, -0.1) is 21.5 Å². The van der Waals surface area contributed by atoms with E-state index in [9.17, 15) is 4.79 Å². The molecule has 0 N–H and O–H groups in total. The molecule has 144 valence electrons. The number of hydrogen-bond acceptors (Lipinski definition) is 7. The molecule has 1 amide bonds. The first-order valence-electron chi connectivity index (χ1n) is 8.62. The van der Waals surface area contributed by atoms with Crippen LogP contribution in [0.1, 0.15) is 18.2 Å². The Morgan fingerprint density at radius 2 is 2.14 bits per heavy atom. The normalized spacial score (nSPS) is 11.3. The topological polar surface area (TPSA) is 72.6 Å². The van der Waals surface area contributed by atoms with Crippen molar-refractivity contribution in [3.8, 4) is 5.75 Å². The minimum absolute atomic E-state index is 0.0345. The molecule has 0 aliphatic carbocycles. The van der Waals surface area contributed by atoms with Crippen molar-refractivity contribution in [3.63, 3.8) is 0 Å². The highest BCUT2D eigenvalue weighted by Gasteiger charge is 2.15. The number of carbonyl (C=O) groups excluding carboxylic acids is 1. The molecule has 3 heterocycles. The zero-order valence-corrected chi connectivity index (χ0v) is 17.6. The molecule has 4 aromatic rings. The minimum Gasteiger partial charge on any atom is -0.497 e. The molecule has 0 unspecified atom stereocenters. The average Bonchev–Trinajstić information content (AvgIpc) is 3.32. The number of anilines is 1. The first-order chi connectivity index (χ1) is 13.5. The molecule has 0 spiro atoms. The standard InChI is InChI=1S/C19H19N5O2S2/c1-11-7-17-21-22-19(24(17)16-8-14(26-4)5-6-15(11)16)28-10-13-9-27-18(20-13)23(3)12(2)25/h5-9H,10H2,1-4H3. The number of carbonyl (C=O) groups is 1. The van der Waals surface area contributed by atoms with Gasteiger partial charge in [-0.2, -0.15) is 0 Å². The molecule has 4 rings (SSSR count). The number of pyridine rings is 1. The van der Waals surface area contributed by atoms with Gasteiger partial charge in [-0.3, -0.25) is 14.1 Å². The van der Waals surface area contributed by atoms with Crippen LogP contribution >= 0.6 is 23.1 Å². The summed E-state index contributed by atoms with van der Waals surface area (Å²) < 4.78 is 7.45. The largest absolute Gasteiger partial charge is 0.497 e. The molecule has 28 heavy (non-hydrogen) atoms. The smallest absolute Gasteiger partial charge is 0.225 e. The minimum atomic E-state index is -0.0345. The molecule has 7 nitrogen and oxygen atoms in total. The molecule has 0 aliphatic rings. The molecule has 0 fully saturated rings. The summed E-state index contributed by atoms with van der Waals surface area (Å²) in [6, 6.07) is 8.06. The molecule has 1 aromatic carbocycles. The number of fused-ring (bicyclic) bond motifs is 3. The molecule has 0 bridgehead atoms. The van der Waals surface area contributed by atoms with Crippen molar-refractivity contribution in [3.05, 3.63) is 40.9 Å². The molecule has 0 aliphatic heterocycles. The quantitative estimate of drug-likeness (QED) is 0.462. The number of rotatable bonds is 5. The van der Waals surface area contributed by atoms with E-state index in [-0.39, 0.29) is 5.91 Å².